The van der Waals surface area contributed by atoms with Crippen molar-refractivity contribution >= 4 is 45.1 Å². The largest absolute Gasteiger partial charge is 0.276 e. The molecule has 0 aliphatic heterocycles. The number of aryl methyl sites for hydroxylation is 1. The highest BCUT2D eigenvalue weighted by Gasteiger charge is 2.24. The van der Waals surface area contributed by atoms with Crippen LogP contribution in [0.3, 0.4) is 0 Å². The number of nitrogens with one attached hydrogen (secondary N) is 1. The third kappa shape index (κ3) is 3.19. The number of sulfone groups is 1. The van der Waals surface area contributed by atoms with Crippen molar-refractivity contribution in [2.75, 3.05) is 6.26 Å². The van der Waals surface area contributed by atoms with E-state index in [9.17, 15) is 13.2 Å². The molecule has 0 spiro atoms. The summed E-state index contributed by atoms with van der Waals surface area (Å²) in [5.41, 5.74) is 2.22. The molecule has 0 aromatic carbocycles. The molecule has 17 heavy (non-hydrogen) atoms. The average molecular weight is 368 g/mol. The van der Waals surface area contributed by atoms with E-state index < -0.39 is 15.7 Å². The summed E-state index contributed by atoms with van der Waals surface area (Å²) in [4.78, 5) is 19.4. The molecule has 0 aliphatic carbocycles. The van der Waals surface area contributed by atoms with Gasteiger partial charge in [0.2, 0.25) is 0 Å². The van der Waals surface area contributed by atoms with Gasteiger partial charge in [-0.05, 0) is 6.92 Å². The molecule has 0 unspecified atom stereocenters. The lowest BCUT2D eigenvalue weighted by Crippen LogP contribution is -2.23. The summed E-state index contributed by atoms with van der Waals surface area (Å²) in [5.74, 6) is -0.700. The highest BCUT2D eigenvalue weighted by molar-refractivity contribution is 14.1. The highest BCUT2D eigenvalue weighted by atomic mass is 127. The van der Waals surface area contributed by atoms with Crippen LogP contribution in [0.1, 0.15) is 16.1 Å². The first-order valence-corrected chi connectivity index (χ1v) is 7.24. The molecule has 1 aromatic rings. The van der Waals surface area contributed by atoms with Gasteiger partial charge in [-0.15, -0.1) is 0 Å². The lowest BCUT2D eigenvalue weighted by atomic mass is 10.2. The van der Waals surface area contributed by atoms with Crippen LogP contribution < -0.4 is 5.43 Å². The molecule has 1 N–H and O–H groups in total. The second-order valence-corrected chi connectivity index (χ2v) is 6.03. The lowest BCUT2D eigenvalue weighted by molar-refractivity contribution is 0.0950. The Morgan fingerprint density at radius 2 is 2.06 bits per heavy atom. The van der Waals surface area contributed by atoms with E-state index in [1.165, 1.54) is 6.92 Å². The average Bonchev–Trinajstić information content (AvgIpc) is 2.15. The Morgan fingerprint density at radius 1 is 1.47 bits per heavy atom. The maximum absolute atomic E-state index is 11.7. The first-order valence-electron chi connectivity index (χ1n) is 4.27. The summed E-state index contributed by atoms with van der Waals surface area (Å²) >= 11 is 1.78. The Morgan fingerprint density at radius 3 is 2.53 bits per heavy atom. The number of aromatic nitrogens is 2. The van der Waals surface area contributed by atoms with Crippen LogP contribution in [0.5, 0.6) is 0 Å². The number of rotatable bonds is 3. The predicted octanol–water partition coefficient (Wildman–Crippen LogP) is 0.139. The topological polar surface area (TPSA) is 101 Å². The van der Waals surface area contributed by atoms with Crippen molar-refractivity contribution in [2.45, 2.75) is 11.9 Å². The Hall–Kier alpha value is -1.10. The molecule has 1 aromatic heterocycles. The fraction of sp³-hybridized carbons (Fsp3) is 0.250. The molecular formula is C8H9IN4O3S. The molecule has 7 nitrogen and oxygen atoms in total. The third-order valence-corrected chi connectivity index (χ3v) is 3.27. The van der Waals surface area contributed by atoms with E-state index in [0.717, 1.165) is 6.26 Å². The van der Waals surface area contributed by atoms with Crippen LogP contribution in [-0.4, -0.2) is 37.3 Å². The molecule has 0 bridgehead atoms. The third-order valence-electron chi connectivity index (χ3n) is 1.79. The van der Waals surface area contributed by atoms with Gasteiger partial charge in [0.1, 0.15) is 0 Å². The van der Waals surface area contributed by atoms with E-state index in [-0.39, 0.29) is 20.1 Å². The van der Waals surface area contributed by atoms with Gasteiger partial charge in [0.25, 0.3) is 5.91 Å². The summed E-state index contributed by atoms with van der Waals surface area (Å²) in [6.45, 7) is 4.62. The molecular weight excluding hydrogens is 359 g/mol. The molecule has 1 rings (SSSR count). The number of halogens is 1. The SMILES string of the molecule is C=NNC(=O)c1c(C)nc(I)nc1S(C)(=O)=O. The zero-order valence-corrected chi connectivity index (χ0v) is 12.0. The number of nitrogens with zero attached hydrogens (tertiary/aromatic N) is 3. The van der Waals surface area contributed by atoms with Crippen molar-refractivity contribution in [3.8, 4) is 0 Å². The van der Waals surface area contributed by atoms with E-state index in [2.05, 4.69) is 27.2 Å². The van der Waals surface area contributed by atoms with Crippen molar-refractivity contribution in [1.82, 2.24) is 15.4 Å². The van der Waals surface area contributed by atoms with Crippen molar-refractivity contribution in [2.24, 2.45) is 5.10 Å². The van der Waals surface area contributed by atoms with Gasteiger partial charge in [-0.2, -0.15) is 5.10 Å². The summed E-state index contributed by atoms with van der Waals surface area (Å²) in [5, 5.41) is 2.89. The highest BCUT2D eigenvalue weighted by Crippen LogP contribution is 2.17. The summed E-state index contributed by atoms with van der Waals surface area (Å²) < 4.78 is 23.3. The van der Waals surface area contributed by atoms with Crippen LogP contribution in [0.25, 0.3) is 0 Å². The maximum atomic E-state index is 11.7. The molecule has 0 saturated carbocycles. The van der Waals surface area contributed by atoms with Gasteiger partial charge in [-0.1, -0.05) is 0 Å². The van der Waals surface area contributed by atoms with Gasteiger partial charge in [0, 0.05) is 35.6 Å². The zero-order chi connectivity index (χ0) is 13.2. The first-order chi connectivity index (χ1) is 7.77. The van der Waals surface area contributed by atoms with Crippen LogP contribution in [0.15, 0.2) is 10.1 Å². The minimum Gasteiger partial charge on any atom is -0.267 e. The first kappa shape index (κ1) is 14.0. The number of hydrogen-bond acceptors (Lipinski definition) is 6. The second kappa shape index (κ2) is 5.04. The molecule has 0 atom stereocenters. The summed E-state index contributed by atoms with van der Waals surface area (Å²) in [6.07, 6.45) is 0.975. The number of carbonyl (C=O) groups is 1. The Bertz CT molecular complexity index is 585. The monoisotopic (exact) mass is 368 g/mol. The molecule has 1 heterocycles. The van der Waals surface area contributed by atoms with Crippen molar-refractivity contribution in [1.29, 1.82) is 0 Å². The molecule has 0 fully saturated rings. The molecule has 1 amide bonds. The van der Waals surface area contributed by atoms with Gasteiger partial charge in [-0.3, -0.25) is 4.79 Å². The lowest BCUT2D eigenvalue weighted by Gasteiger charge is -2.08. The molecule has 0 radical (unpaired) electrons. The number of hydrazone groups is 1. The van der Waals surface area contributed by atoms with Crippen LogP contribution >= 0.6 is 22.6 Å². The molecule has 9 heteroatoms. The van der Waals surface area contributed by atoms with Crippen LogP contribution in [0.2, 0.25) is 0 Å². The van der Waals surface area contributed by atoms with Crippen LogP contribution in [0, 0.1) is 10.8 Å². The van der Waals surface area contributed by atoms with E-state index in [1.807, 2.05) is 0 Å². The normalized spacial score (nSPS) is 11.0. The standard InChI is InChI=1S/C8H9IN4O3S/c1-4-5(6(14)13-10-2)7(17(3,15)16)12-8(9)11-4/h2H2,1,3H3,(H,13,14). The fourth-order valence-corrected chi connectivity index (χ4v) is 2.80. The number of hydrogen-bond donors (Lipinski definition) is 1. The van der Waals surface area contributed by atoms with E-state index in [4.69, 9.17) is 0 Å². The molecule has 0 aliphatic rings. The Labute approximate surface area is 112 Å². The van der Waals surface area contributed by atoms with Crippen LogP contribution in [-0.2, 0) is 9.84 Å². The number of carbonyl (C=O) groups excluding carboxylic acids is 1. The van der Waals surface area contributed by atoms with Crippen LogP contribution in [0.4, 0.5) is 0 Å². The summed E-state index contributed by atoms with van der Waals surface area (Å²) in [7, 11) is -3.62. The van der Waals surface area contributed by atoms with Gasteiger partial charge in [-0.25, -0.2) is 23.8 Å². The van der Waals surface area contributed by atoms with E-state index >= 15 is 0 Å². The summed E-state index contributed by atoms with van der Waals surface area (Å²) in [6, 6.07) is 0. The Balaban J connectivity index is 3.57. The van der Waals surface area contributed by atoms with Gasteiger partial charge in [0.15, 0.2) is 18.7 Å². The Kier molecular flexibility index (Phi) is 4.14. The molecule has 92 valence electrons. The van der Waals surface area contributed by atoms with E-state index in [1.54, 1.807) is 22.6 Å². The smallest absolute Gasteiger partial charge is 0.267 e. The van der Waals surface area contributed by atoms with E-state index in [0.29, 0.717) is 0 Å². The van der Waals surface area contributed by atoms with Crippen molar-refractivity contribution in [3.63, 3.8) is 0 Å². The van der Waals surface area contributed by atoms with Crippen molar-refractivity contribution < 1.29 is 13.2 Å². The van der Waals surface area contributed by atoms with Gasteiger partial charge < -0.3 is 0 Å². The quantitative estimate of drug-likeness (QED) is 0.269. The minimum absolute atomic E-state index is 0.111. The maximum Gasteiger partial charge on any atom is 0.276 e. The minimum atomic E-state index is -3.62. The van der Waals surface area contributed by atoms with Gasteiger partial charge >= 0.3 is 0 Å². The van der Waals surface area contributed by atoms with Gasteiger partial charge in [0.05, 0.1) is 11.3 Å². The second-order valence-electron chi connectivity index (χ2n) is 3.13. The predicted molar refractivity (Wildman–Crippen MR) is 69.6 cm³/mol. The fourth-order valence-electron chi connectivity index (χ4n) is 1.17. The van der Waals surface area contributed by atoms with Crippen molar-refractivity contribution in [3.05, 3.63) is 15.1 Å². The molecule has 0 saturated heterocycles. The zero-order valence-electron chi connectivity index (χ0n) is 9.06. The number of amides is 1.